The molecule has 0 atom stereocenters. The normalized spacial score (nSPS) is 12.4. The number of carbonyl (C=O) groups is 1. The molecule has 1 aliphatic carbocycles. The quantitative estimate of drug-likeness (QED) is 0.458. The van der Waals surface area contributed by atoms with Gasteiger partial charge in [0.05, 0.1) is 17.4 Å². The van der Waals surface area contributed by atoms with E-state index in [9.17, 15) is 9.18 Å². The molecule has 6 heteroatoms. The molecular formula is C25H18FN3O2. The zero-order valence-electron chi connectivity index (χ0n) is 16.5. The number of nitrogens with zero attached hydrogens (tertiary/aromatic N) is 2. The highest BCUT2D eigenvalue weighted by Crippen LogP contribution is 2.30. The number of allylic oxidation sites excluding steroid dienone is 1. The van der Waals surface area contributed by atoms with Gasteiger partial charge in [-0.3, -0.25) is 4.79 Å². The molecule has 0 bridgehead atoms. The molecule has 5 nitrogen and oxygen atoms in total. The number of hydrogen-bond acceptors (Lipinski definition) is 4. The Hall–Kier alpha value is -4.19. The smallest absolute Gasteiger partial charge is 0.194 e. The number of hydrogen-bond donors (Lipinski definition) is 1. The molecule has 0 saturated heterocycles. The van der Waals surface area contributed by atoms with Crippen LogP contribution >= 0.6 is 0 Å². The molecule has 0 aliphatic heterocycles. The largest absolute Gasteiger partial charge is 0.454 e. The molecule has 0 fully saturated rings. The first kappa shape index (κ1) is 18.8. The van der Waals surface area contributed by atoms with Crippen LogP contribution < -0.4 is 10.5 Å². The van der Waals surface area contributed by atoms with Gasteiger partial charge < -0.3 is 10.5 Å². The topological polar surface area (TPSA) is 70.1 Å². The Morgan fingerprint density at radius 1 is 1.03 bits per heavy atom. The summed E-state index contributed by atoms with van der Waals surface area (Å²) in [6.07, 6.45) is 3.86. The van der Waals surface area contributed by atoms with E-state index in [4.69, 9.17) is 10.5 Å². The number of benzene rings is 3. The van der Waals surface area contributed by atoms with Crippen LogP contribution in [0.5, 0.6) is 11.5 Å². The monoisotopic (exact) mass is 411 g/mol. The Bertz CT molecular complexity index is 1330. The van der Waals surface area contributed by atoms with Crippen LogP contribution in [0, 0.1) is 5.82 Å². The molecule has 3 aromatic carbocycles. The lowest BCUT2D eigenvalue weighted by Gasteiger charge is -2.09. The first-order chi connectivity index (χ1) is 15.1. The Kier molecular flexibility index (Phi) is 4.59. The van der Waals surface area contributed by atoms with E-state index in [1.54, 1.807) is 18.2 Å². The second-order valence-electron chi connectivity index (χ2n) is 7.26. The van der Waals surface area contributed by atoms with Crippen molar-refractivity contribution in [2.75, 3.05) is 5.73 Å². The molecule has 0 radical (unpaired) electrons. The predicted octanol–water partition coefficient (Wildman–Crippen LogP) is 5.21. The minimum absolute atomic E-state index is 0.0888. The minimum atomic E-state index is -0.557. The van der Waals surface area contributed by atoms with Gasteiger partial charge in [0.2, 0.25) is 0 Å². The zero-order chi connectivity index (χ0) is 21.4. The average Bonchev–Trinajstić information content (AvgIpc) is 3.39. The van der Waals surface area contributed by atoms with Crippen LogP contribution in [0.25, 0.3) is 11.8 Å². The second kappa shape index (κ2) is 7.57. The van der Waals surface area contributed by atoms with Crippen LogP contribution in [0.15, 0.2) is 84.6 Å². The SMILES string of the molecule is Nc1c(C(=O)C2=Cc3ccccc3C2)cnn1-c1ccc(Oc2ccccc2)c(F)c1. The highest BCUT2D eigenvalue weighted by molar-refractivity contribution is 6.15. The first-order valence-corrected chi connectivity index (χ1v) is 9.79. The van der Waals surface area contributed by atoms with E-state index in [2.05, 4.69) is 5.10 Å². The van der Waals surface area contributed by atoms with Gasteiger partial charge in [0.15, 0.2) is 17.3 Å². The summed E-state index contributed by atoms with van der Waals surface area (Å²) in [7, 11) is 0. The van der Waals surface area contributed by atoms with Crippen LogP contribution in [0.4, 0.5) is 10.2 Å². The summed E-state index contributed by atoms with van der Waals surface area (Å²) in [5.74, 6) is 0.0536. The molecule has 2 N–H and O–H groups in total. The van der Waals surface area contributed by atoms with Gasteiger partial charge in [-0.1, -0.05) is 42.5 Å². The lowest BCUT2D eigenvalue weighted by molar-refractivity contribution is 0.103. The molecular weight excluding hydrogens is 393 g/mol. The molecule has 1 aliphatic rings. The van der Waals surface area contributed by atoms with E-state index in [-0.39, 0.29) is 17.4 Å². The van der Waals surface area contributed by atoms with Crippen molar-refractivity contribution in [2.24, 2.45) is 0 Å². The molecule has 152 valence electrons. The number of Topliss-reactive ketones (excluding diaryl/α,β-unsaturated/α-hetero) is 1. The number of fused-ring (bicyclic) bond motifs is 1. The van der Waals surface area contributed by atoms with Crippen molar-refractivity contribution in [1.82, 2.24) is 9.78 Å². The molecule has 31 heavy (non-hydrogen) atoms. The maximum atomic E-state index is 14.6. The average molecular weight is 411 g/mol. The van der Waals surface area contributed by atoms with Gasteiger partial charge in [0.1, 0.15) is 11.6 Å². The van der Waals surface area contributed by atoms with Gasteiger partial charge in [0.25, 0.3) is 0 Å². The number of rotatable bonds is 5. The third-order valence-corrected chi connectivity index (χ3v) is 5.24. The lowest BCUT2D eigenvalue weighted by atomic mass is 10.0. The van der Waals surface area contributed by atoms with Crippen LogP contribution in [0.2, 0.25) is 0 Å². The minimum Gasteiger partial charge on any atom is -0.454 e. The van der Waals surface area contributed by atoms with E-state index in [1.807, 2.05) is 48.5 Å². The Morgan fingerprint density at radius 3 is 2.58 bits per heavy atom. The number of nitrogens with two attached hydrogens (primary N) is 1. The first-order valence-electron chi connectivity index (χ1n) is 9.79. The molecule has 0 saturated carbocycles. The fourth-order valence-electron chi connectivity index (χ4n) is 3.66. The summed E-state index contributed by atoms with van der Waals surface area (Å²) in [6, 6.07) is 21.3. The Labute approximate surface area is 178 Å². The number of nitrogen functional groups attached to an aromatic ring is 1. The maximum absolute atomic E-state index is 14.6. The number of aromatic nitrogens is 2. The molecule has 0 unspecified atom stereocenters. The summed E-state index contributed by atoms with van der Waals surface area (Å²) in [4.78, 5) is 13.0. The van der Waals surface area contributed by atoms with Crippen molar-refractivity contribution >= 4 is 17.7 Å². The van der Waals surface area contributed by atoms with Crippen molar-refractivity contribution < 1.29 is 13.9 Å². The third-order valence-electron chi connectivity index (χ3n) is 5.24. The Morgan fingerprint density at radius 2 is 1.81 bits per heavy atom. The Balaban J connectivity index is 1.40. The molecule has 0 spiro atoms. The summed E-state index contributed by atoms with van der Waals surface area (Å²) >= 11 is 0. The third kappa shape index (κ3) is 3.48. The predicted molar refractivity (Wildman–Crippen MR) is 117 cm³/mol. The van der Waals surface area contributed by atoms with Crippen LogP contribution in [-0.4, -0.2) is 15.6 Å². The molecule has 1 heterocycles. The van der Waals surface area contributed by atoms with E-state index in [1.165, 1.54) is 23.0 Å². The van der Waals surface area contributed by atoms with Crippen LogP contribution in [-0.2, 0) is 6.42 Å². The van der Waals surface area contributed by atoms with Gasteiger partial charge in [-0.2, -0.15) is 5.10 Å². The van der Waals surface area contributed by atoms with Crippen molar-refractivity contribution in [1.29, 1.82) is 0 Å². The number of ether oxygens (including phenoxy) is 1. The number of carbonyl (C=O) groups excluding carboxylic acids is 1. The highest BCUT2D eigenvalue weighted by Gasteiger charge is 2.24. The number of anilines is 1. The van der Waals surface area contributed by atoms with E-state index in [0.29, 0.717) is 29.0 Å². The lowest BCUT2D eigenvalue weighted by Crippen LogP contribution is -2.08. The van der Waals surface area contributed by atoms with Crippen molar-refractivity contribution in [3.05, 3.63) is 107 Å². The van der Waals surface area contributed by atoms with Gasteiger partial charge in [0, 0.05) is 18.1 Å². The molecule has 4 aromatic rings. The number of halogens is 1. The van der Waals surface area contributed by atoms with Gasteiger partial charge >= 0.3 is 0 Å². The zero-order valence-corrected chi connectivity index (χ0v) is 16.5. The second-order valence-corrected chi connectivity index (χ2v) is 7.26. The van der Waals surface area contributed by atoms with Crippen molar-refractivity contribution in [2.45, 2.75) is 6.42 Å². The van der Waals surface area contributed by atoms with E-state index in [0.717, 1.165) is 11.1 Å². The van der Waals surface area contributed by atoms with Gasteiger partial charge in [-0.15, -0.1) is 0 Å². The number of ketones is 1. The highest BCUT2D eigenvalue weighted by atomic mass is 19.1. The van der Waals surface area contributed by atoms with E-state index >= 15 is 0 Å². The van der Waals surface area contributed by atoms with E-state index < -0.39 is 5.82 Å². The summed E-state index contributed by atoms with van der Waals surface area (Å²) in [5, 5.41) is 4.22. The molecule has 5 rings (SSSR count). The summed E-state index contributed by atoms with van der Waals surface area (Å²) < 4.78 is 21.6. The molecule has 0 amide bonds. The standard InChI is InChI=1S/C25H18FN3O2/c26-22-14-19(10-11-23(22)31-20-8-2-1-3-9-20)29-25(27)21(15-28-29)24(30)18-12-16-6-4-5-7-17(16)13-18/h1-12,14-15H,13,27H2. The van der Waals surface area contributed by atoms with Crippen molar-refractivity contribution in [3.63, 3.8) is 0 Å². The van der Waals surface area contributed by atoms with Gasteiger partial charge in [-0.25, -0.2) is 9.07 Å². The van der Waals surface area contributed by atoms with Crippen molar-refractivity contribution in [3.8, 4) is 17.2 Å². The van der Waals surface area contributed by atoms with Crippen LogP contribution in [0.1, 0.15) is 21.5 Å². The number of para-hydroxylation sites is 1. The maximum Gasteiger partial charge on any atom is 0.194 e. The fraction of sp³-hybridized carbons (Fsp3) is 0.0400. The summed E-state index contributed by atoms with van der Waals surface area (Å²) in [6.45, 7) is 0. The summed E-state index contributed by atoms with van der Waals surface area (Å²) in [5.41, 5.74) is 9.71. The molecule has 1 aromatic heterocycles. The van der Waals surface area contributed by atoms with Crippen LogP contribution in [0.3, 0.4) is 0 Å². The fourth-order valence-corrected chi connectivity index (χ4v) is 3.66. The van der Waals surface area contributed by atoms with Gasteiger partial charge in [-0.05, 0) is 41.5 Å².